The first-order valence-corrected chi connectivity index (χ1v) is 8.17. The van der Waals surface area contributed by atoms with E-state index in [0.29, 0.717) is 13.2 Å². The number of pyridine rings is 1. The van der Waals surface area contributed by atoms with E-state index >= 15 is 0 Å². The third kappa shape index (κ3) is 3.57. The fourth-order valence-electron chi connectivity index (χ4n) is 3.00. The Kier molecular flexibility index (Phi) is 4.81. The highest BCUT2D eigenvalue weighted by atomic mass is 16.5. The SMILES string of the molecule is Cc1ccn(CC(=O)N2C[C@@H](C)OC[C@H]2c2ccccc2)c(=O)c1. The Hall–Kier alpha value is -2.40. The van der Waals surface area contributed by atoms with Crippen molar-refractivity contribution < 1.29 is 9.53 Å². The Morgan fingerprint density at radius 1 is 1.25 bits per heavy atom. The molecular formula is C19H22N2O3. The summed E-state index contributed by atoms with van der Waals surface area (Å²) in [6.45, 7) is 4.87. The molecule has 0 unspecified atom stereocenters. The molecule has 1 fully saturated rings. The van der Waals surface area contributed by atoms with Crippen LogP contribution in [0.5, 0.6) is 0 Å². The van der Waals surface area contributed by atoms with Crippen LogP contribution in [0.3, 0.4) is 0 Å². The lowest BCUT2D eigenvalue weighted by molar-refractivity contribution is -0.145. The minimum atomic E-state index is -0.152. The third-order valence-electron chi connectivity index (χ3n) is 4.33. The molecule has 2 aromatic rings. The van der Waals surface area contributed by atoms with E-state index in [2.05, 4.69) is 0 Å². The highest BCUT2D eigenvalue weighted by Crippen LogP contribution is 2.26. The Bertz CT molecular complexity index is 770. The van der Waals surface area contributed by atoms with Crippen molar-refractivity contribution in [3.05, 3.63) is 70.1 Å². The fraction of sp³-hybridized carbons (Fsp3) is 0.368. The molecule has 0 spiro atoms. The van der Waals surface area contributed by atoms with Gasteiger partial charge >= 0.3 is 0 Å². The molecule has 126 valence electrons. The average Bonchev–Trinajstić information content (AvgIpc) is 2.58. The van der Waals surface area contributed by atoms with Crippen molar-refractivity contribution >= 4 is 5.91 Å². The number of ether oxygens (including phenoxy) is 1. The Balaban J connectivity index is 1.83. The monoisotopic (exact) mass is 326 g/mol. The van der Waals surface area contributed by atoms with Crippen molar-refractivity contribution in [2.75, 3.05) is 13.2 Å². The number of hydrogen-bond donors (Lipinski definition) is 0. The lowest BCUT2D eigenvalue weighted by Crippen LogP contribution is -2.48. The summed E-state index contributed by atoms with van der Waals surface area (Å²) in [5.74, 6) is -0.0649. The van der Waals surface area contributed by atoms with Crippen molar-refractivity contribution in [3.8, 4) is 0 Å². The van der Waals surface area contributed by atoms with Crippen molar-refractivity contribution in [1.29, 1.82) is 0 Å². The molecule has 5 nitrogen and oxygen atoms in total. The Morgan fingerprint density at radius 3 is 2.71 bits per heavy atom. The number of rotatable bonds is 3. The second-order valence-corrected chi connectivity index (χ2v) is 6.29. The van der Waals surface area contributed by atoms with E-state index in [9.17, 15) is 9.59 Å². The molecule has 1 aliphatic rings. The topological polar surface area (TPSA) is 51.5 Å². The summed E-state index contributed by atoms with van der Waals surface area (Å²) in [6, 6.07) is 13.1. The summed E-state index contributed by atoms with van der Waals surface area (Å²) in [7, 11) is 0. The van der Waals surface area contributed by atoms with Crippen LogP contribution in [0.15, 0.2) is 53.5 Å². The molecule has 0 N–H and O–H groups in total. The van der Waals surface area contributed by atoms with Gasteiger partial charge < -0.3 is 14.2 Å². The van der Waals surface area contributed by atoms with Crippen molar-refractivity contribution in [3.63, 3.8) is 0 Å². The molecule has 0 radical (unpaired) electrons. The maximum Gasteiger partial charge on any atom is 0.251 e. The van der Waals surface area contributed by atoms with Gasteiger partial charge in [-0.05, 0) is 31.0 Å². The number of aryl methyl sites for hydroxylation is 1. The van der Waals surface area contributed by atoms with Crippen LogP contribution in [-0.2, 0) is 16.1 Å². The zero-order valence-electron chi connectivity index (χ0n) is 14.0. The van der Waals surface area contributed by atoms with Crippen LogP contribution in [0.1, 0.15) is 24.1 Å². The molecule has 1 amide bonds. The Morgan fingerprint density at radius 2 is 2.00 bits per heavy atom. The van der Waals surface area contributed by atoms with Gasteiger partial charge in [0.2, 0.25) is 5.91 Å². The van der Waals surface area contributed by atoms with E-state index in [-0.39, 0.29) is 30.2 Å². The fourth-order valence-corrected chi connectivity index (χ4v) is 3.00. The van der Waals surface area contributed by atoms with Crippen LogP contribution >= 0.6 is 0 Å². The first kappa shape index (κ1) is 16.5. The highest BCUT2D eigenvalue weighted by molar-refractivity contribution is 5.76. The highest BCUT2D eigenvalue weighted by Gasteiger charge is 2.31. The number of amides is 1. The summed E-state index contributed by atoms with van der Waals surface area (Å²) in [5.41, 5.74) is 1.79. The van der Waals surface area contributed by atoms with Gasteiger partial charge in [-0.3, -0.25) is 9.59 Å². The maximum absolute atomic E-state index is 12.8. The molecule has 1 saturated heterocycles. The van der Waals surface area contributed by atoms with Crippen LogP contribution in [0, 0.1) is 6.92 Å². The minimum Gasteiger partial charge on any atom is -0.374 e. The number of nitrogens with zero attached hydrogens (tertiary/aromatic N) is 2. The summed E-state index contributed by atoms with van der Waals surface area (Å²) < 4.78 is 7.21. The maximum atomic E-state index is 12.8. The van der Waals surface area contributed by atoms with Gasteiger partial charge in [0.05, 0.1) is 18.8 Å². The van der Waals surface area contributed by atoms with E-state index in [4.69, 9.17) is 4.74 Å². The lowest BCUT2D eigenvalue weighted by atomic mass is 10.0. The molecule has 5 heteroatoms. The summed E-state index contributed by atoms with van der Waals surface area (Å²) in [4.78, 5) is 26.7. The largest absolute Gasteiger partial charge is 0.374 e. The van der Waals surface area contributed by atoms with Crippen molar-refractivity contribution in [1.82, 2.24) is 9.47 Å². The van der Waals surface area contributed by atoms with Crippen molar-refractivity contribution in [2.24, 2.45) is 0 Å². The summed E-state index contributed by atoms with van der Waals surface area (Å²) >= 11 is 0. The molecule has 1 aromatic heterocycles. The van der Waals surface area contributed by atoms with E-state index in [1.165, 1.54) is 4.57 Å². The third-order valence-corrected chi connectivity index (χ3v) is 4.33. The van der Waals surface area contributed by atoms with Crippen LogP contribution in [0.2, 0.25) is 0 Å². The molecule has 2 atom stereocenters. The van der Waals surface area contributed by atoms with Gasteiger partial charge in [0.25, 0.3) is 5.56 Å². The normalized spacial score (nSPS) is 20.8. The summed E-state index contributed by atoms with van der Waals surface area (Å²) in [6.07, 6.45) is 1.67. The molecule has 1 aliphatic heterocycles. The van der Waals surface area contributed by atoms with E-state index < -0.39 is 0 Å². The van der Waals surface area contributed by atoms with E-state index in [1.54, 1.807) is 12.3 Å². The molecule has 1 aromatic carbocycles. The van der Waals surface area contributed by atoms with Gasteiger partial charge in [-0.15, -0.1) is 0 Å². The Labute approximate surface area is 141 Å². The van der Waals surface area contributed by atoms with Crippen LogP contribution < -0.4 is 5.56 Å². The predicted octanol–water partition coefficient (Wildman–Crippen LogP) is 2.15. The molecule has 0 saturated carbocycles. The standard InChI is InChI=1S/C19H22N2O3/c1-14-8-9-20(18(22)10-14)12-19(23)21-11-15(2)24-13-17(21)16-6-4-3-5-7-16/h3-10,15,17H,11-13H2,1-2H3/t15-,17+/m1/s1. The molecule has 3 rings (SSSR count). The summed E-state index contributed by atoms with van der Waals surface area (Å²) in [5, 5.41) is 0. The smallest absolute Gasteiger partial charge is 0.251 e. The zero-order chi connectivity index (χ0) is 17.1. The zero-order valence-corrected chi connectivity index (χ0v) is 14.0. The first-order valence-electron chi connectivity index (χ1n) is 8.17. The molecular weight excluding hydrogens is 304 g/mol. The van der Waals surface area contributed by atoms with Crippen LogP contribution in [0.4, 0.5) is 0 Å². The van der Waals surface area contributed by atoms with Gasteiger partial charge in [0.1, 0.15) is 6.54 Å². The minimum absolute atomic E-state index is 0.0105. The van der Waals surface area contributed by atoms with Gasteiger partial charge in [0, 0.05) is 18.8 Å². The second-order valence-electron chi connectivity index (χ2n) is 6.29. The molecule has 24 heavy (non-hydrogen) atoms. The van der Waals surface area contributed by atoms with E-state index in [1.807, 2.05) is 55.1 Å². The van der Waals surface area contributed by atoms with Gasteiger partial charge in [0.15, 0.2) is 0 Å². The van der Waals surface area contributed by atoms with Gasteiger partial charge in [-0.2, -0.15) is 0 Å². The molecule has 0 bridgehead atoms. The molecule has 0 aliphatic carbocycles. The van der Waals surface area contributed by atoms with Gasteiger partial charge in [-0.25, -0.2) is 0 Å². The van der Waals surface area contributed by atoms with E-state index in [0.717, 1.165) is 11.1 Å². The quantitative estimate of drug-likeness (QED) is 0.868. The number of carbonyl (C=O) groups is 1. The number of aromatic nitrogens is 1. The first-order chi connectivity index (χ1) is 11.5. The number of hydrogen-bond acceptors (Lipinski definition) is 3. The second kappa shape index (κ2) is 7.01. The van der Waals surface area contributed by atoms with Crippen LogP contribution in [-0.4, -0.2) is 34.6 Å². The van der Waals surface area contributed by atoms with Crippen LogP contribution in [0.25, 0.3) is 0 Å². The molecule has 2 heterocycles. The number of morpholine rings is 1. The van der Waals surface area contributed by atoms with Crippen molar-refractivity contribution in [2.45, 2.75) is 32.5 Å². The number of carbonyl (C=O) groups excluding carboxylic acids is 1. The lowest BCUT2D eigenvalue weighted by Gasteiger charge is -2.39. The average molecular weight is 326 g/mol. The van der Waals surface area contributed by atoms with Gasteiger partial charge in [-0.1, -0.05) is 30.3 Å². The number of benzene rings is 1. The predicted molar refractivity (Wildman–Crippen MR) is 91.7 cm³/mol.